The summed E-state index contributed by atoms with van der Waals surface area (Å²) < 4.78 is 54.1. The van der Waals surface area contributed by atoms with Gasteiger partial charge in [-0.15, -0.1) is 0 Å². The maximum Gasteiger partial charge on any atom is 0.210 e. The summed E-state index contributed by atoms with van der Waals surface area (Å²) in [6.45, 7) is 9.63. The Balaban J connectivity index is 0.000000174. The molecule has 57 heavy (non-hydrogen) atoms. The molecule has 294 valence electrons. The third-order valence-electron chi connectivity index (χ3n) is 10.9. The molecule has 0 unspecified atom stereocenters. The number of sulfone groups is 2. The first-order chi connectivity index (χ1) is 27.3. The standard InChI is InChI=1S/C22H20ClN3O2S.C22H23ClN2O2S/c1-15-7-9-26(10-8-15)22-19-6-5-17(23)12-20(19)25-14-21(22)29(27,28)18-4-2-3-16(11-18)13-24;1-15-3-6-18(7-4-15)28(26,27)21-14-24-20-13-17(23)5-8-19(20)22(21)25-11-9-16(2)10-12-25/h2-6,11-12,14-15H,7-10H2,1H3;3-8,13-14,16H,9-12H2,1-2H3. The fourth-order valence-corrected chi connectivity index (χ4v) is 10.7. The summed E-state index contributed by atoms with van der Waals surface area (Å²) in [5.74, 6) is 1.26. The number of pyridine rings is 2. The molecular weight excluding hydrogens is 798 g/mol. The number of fused-ring (bicyclic) bond motifs is 2. The molecule has 0 spiro atoms. The first kappa shape index (κ1) is 40.5. The monoisotopic (exact) mass is 839 g/mol. The van der Waals surface area contributed by atoms with Crippen molar-refractivity contribution in [2.24, 2.45) is 11.8 Å². The second kappa shape index (κ2) is 16.6. The van der Waals surface area contributed by atoms with Crippen molar-refractivity contribution in [3.05, 3.63) is 118 Å². The number of halogens is 2. The number of benzene rings is 4. The van der Waals surface area contributed by atoms with Crippen molar-refractivity contribution in [2.75, 3.05) is 36.0 Å². The summed E-state index contributed by atoms with van der Waals surface area (Å²) in [6, 6.07) is 25.9. The van der Waals surface area contributed by atoms with Crippen LogP contribution >= 0.6 is 23.2 Å². The largest absolute Gasteiger partial charge is 0.370 e. The maximum absolute atomic E-state index is 13.5. The van der Waals surface area contributed by atoms with E-state index in [1.807, 2.05) is 37.3 Å². The SMILES string of the molecule is CC1CCN(c2c(S(=O)(=O)c3cccc(C#N)c3)cnc3cc(Cl)ccc23)CC1.Cc1ccc(S(=O)(=O)c2cnc3cc(Cl)ccc3c2N2CCC(C)CC2)cc1. The fraction of sp³-hybridized carbons (Fsp3) is 0.295. The van der Waals surface area contributed by atoms with E-state index in [1.165, 1.54) is 24.5 Å². The van der Waals surface area contributed by atoms with Gasteiger partial charge in [-0.2, -0.15) is 5.26 Å². The molecule has 2 fully saturated rings. The molecule has 4 heterocycles. The summed E-state index contributed by atoms with van der Waals surface area (Å²) in [6.07, 6.45) is 6.99. The van der Waals surface area contributed by atoms with Crippen molar-refractivity contribution in [3.63, 3.8) is 0 Å². The van der Waals surface area contributed by atoms with Crippen LogP contribution in [0.15, 0.2) is 117 Å². The molecule has 8 rings (SSSR count). The number of aromatic nitrogens is 2. The number of nitrogens with zero attached hydrogens (tertiary/aromatic N) is 5. The van der Waals surface area contributed by atoms with Gasteiger partial charge in [0.25, 0.3) is 0 Å². The van der Waals surface area contributed by atoms with E-state index in [0.29, 0.717) is 49.1 Å². The Morgan fingerprint density at radius 1 is 0.632 bits per heavy atom. The Labute approximate surface area is 344 Å². The molecule has 0 radical (unpaired) electrons. The van der Waals surface area contributed by atoms with Gasteiger partial charge in [0.15, 0.2) is 0 Å². The fourth-order valence-electron chi connectivity index (χ4n) is 7.48. The highest BCUT2D eigenvalue weighted by molar-refractivity contribution is 7.92. The molecule has 4 aromatic carbocycles. The number of rotatable bonds is 6. The molecule has 0 N–H and O–H groups in total. The van der Waals surface area contributed by atoms with Crippen LogP contribution in [0.5, 0.6) is 0 Å². The van der Waals surface area contributed by atoms with Gasteiger partial charge < -0.3 is 9.80 Å². The number of hydrogen-bond donors (Lipinski definition) is 0. The Kier molecular flexibility index (Phi) is 11.8. The highest BCUT2D eigenvalue weighted by Gasteiger charge is 2.30. The molecule has 2 saturated heterocycles. The van der Waals surface area contributed by atoms with Crippen molar-refractivity contribution >= 4 is 76.1 Å². The molecule has 13 heteroatoms. The zero-order valence-electron chi connectivity index (χ0n) is 32.0. The van der Waals surface area contributed by atoms with Crippen LogP contribution in [0.3, 0.4) is 0 Å². The Bertz CT molecular complexity index is 2720. The third-order valence-corrected chi connectivity index (χ3v) is 14.9. The van der Waals surface area contributed by atoms with Crippen molar-refractivity contribution in [2.45, 2.75) is 66.0 Å². The van der Waals surface area contributed by atoms with Gasteiger partial charge in [-0.25, -0.2) is 16.8 Å². The molecule has 0 bridgehead atoms. The van der Waals surface area contributed by atoms with E-state index in [4.69, 9.17) is 23.2 Å². The minimum absolute atomic E-state index is 0.0956. The molecule has 0 saturated carbocycles. The summed E-state index contributed by atoms with van der Waals surface area (Å²) >= 11 is 12.3. The molecular formula is C44H43Cl2N5O4S2. The van der Waals surface area contributed by atoms with Crippen molar-refractivity contribution in [1.29, 1.82) is 5.26 Å². The van der Waals surface area contributed by atoms with E-state index in [1.54, 1.807) is 48.5 Å². The van der Waals surface area contributed by atoms with E-state index in [0.717, 1.165) is 73.9 Å². The average Bonchev–Trinajstić information content (AvgIpc) is 3.21. The van der Waals surface area contributed by atoms with Crippen LogP contribution in [0.2, 0.25) is 10.0 Å². The molecule has 0 aliphatic carbocycles. The van der Waals surface area contributed by atoms with Crippen LogP contribution in [0, 0.1) is 30.1 Å². The number of aryl methyl sites for hydroxylation is 1. The number of hydrogen-bond acceptors (Lipinski definition) is 9. The highest BCUT2D eigenvalue weighted by atomic mass is 35.5. The quantitative estimate of drug-likeness (QED) is 0.161. The topological polar surface area (TPSA) is 124 Å². The van der Waals surface area contributed by atoms with Gasteiger partial charge in [-0.05, 0) is 111 Å². The lowest BCUT2D eigenvalue weighted by molar-refractivity contribution is 0.437. The first-order valence-corrected chi connectivity index (χ1v) is 22.7. The summed E-state index contributed by atoms with van der Waals surface area (Å²) in [7, 11) is -7.54. The summed E-state index contributed by atoms with van der Waals surface area (Å²) in [4.78, 5) is 14.0. The van der Waals surface area contributed by atoms with Crippen molar-refractivity contribution < 1.29 is 16.8 Å². The molecule has 0 atom stereocenters. The summed E-state index contributed by atoms with van der Waals surface area (Å²) in [5.41, 5.74) is 4.12. The Morgan fingerprint density at radius 2 is 1.09 bits per heavy atom. The first-order valence-electron chi connectivity index (χ1n) is 19.0. The van der Waals surface area contributed by atoms with Crippen LogP contribution in [0.25, 0.3) is 21.8 Å². The van der Waals surface area contributed by atoms with E-state index >= 15 is 0 Å². The van der Waals surface area contributed by atoms with Gasteiger partial charge in [0.1, 0.15) is 9.79 Å². The van der Waals surface area contributed by atoms with E-state index in [-0.39, 0.29) is 14.7 Å². The average molecular weight is 841 g/mol. The van der Waals surface area contributed by atoms with Gasteiger partial charge in [0.05, 0.1) is 43.8 Å². The number of anilines is 2. The van der Waals surface area contributed by atoms with Crippen LogP contribution in [0.4, 0.5) is 11.4 Å². The number of nitriles is 1. The lowest BCUT2D eigenvalue weighted by Gasteiger charge is -2.34. The normalized spacial score (nSPS) is 15.6. The van der Waals surface area contributed by atoms with Crippen LogP contribution in [-0.2, 0) is 19.7 Å². The smallest absolute Gasteiger partial charge is 0.210 e. The van der Waals surface area contributed by atoms with Gasteiger partial charge in [-0.1, -0.05) is 60.8 Å². The molecule has 6 aromatic rings. The second-order valence-electron chi connectivity index (χ2n) is 15.1. The molecule has 2 aliphatic heterocycles. The minimum Gasteiger partial charge on any atom is -0.370 e. The molecule has 2 aliphatic rings. The number of piperidine rings is 2. The van der Waals surface area contributed by atoms with Gasteiger partial charge in [0.2, 0.25) is 19.7 Å². The second-order valence-corrected chi connectivity index (χ2v) is 19.8. The predicted octanol–water partition coefficient (Wildman–Crippen LogP) is 10.1. The lowest BCUT2D eigenvalue weighted by atomic mass is 9.98. The van der Waals surface area contributed by atoms with Crippen LogP contribution < -0.4 is 9.80 Å². The van der Waals surface area contributed by atoms with Crippen molar-refractivity contribution in [3.8, 4) is 6.07 Å². The minimum atomic E-state index is -3.85. The highest BCUT2D eigenvalue weighted by Crippen LogP contribution is 2.40. The van der Waals surface area contributed by atoms with E-state index < -0.39 is 19.7 Å². The zero-order chi connectivity index (χ0) is 40.5. The third kappa shape index (κ3) is 8.46. The molecule has 2 aromatic heterocycles. The van der Waals surface area contributed by atoms with Crippen LogP contribution in [0.1, 0.15) is 50.7 Å². The Hall–Kier alpha value is -4.73. The van der Waals surface area contributed by atoms with Crippen molar-refractivity contribution in [1.82, 2.24) is 9.97 Å². The maximum atomic E-state index is 13.5. The molecule has 0 amide bonds. The van der Waals surface area contributed by atoms with E-state index in [2.05, 4.69) is 33.6 Å². The van der Waals surface area contributed by atoms with Gasteiger partial charge in [-0.3, -0.25) is 9.97 Å². The Morgan fingerprint density at radius 3 is 1.54 bits per heavy atom. The zero-order valence-corrected chi connectivity index (χ0v) is 35.1. The van der Waals surface area contributed by atoms with Gasteiger partial charge >= 0.3 is 0 Å². The lowest BCUT2D eigenvalue weighted by Crippen LogP contribution is -2.34. The summed E-state index contributed by atoms with van der Waals surface area (Å²) in [5, 5.41) is 11.9. The molecule has 9 nitrogen and oxygen atoms in total. The van der Waals surface area contributed by atoms with E-state index in [9.17, 15) is 22.1 Å². The predicted molar refractivity (Wildman–Crippen MR) is 228 cm³/mol. The van der Waals surface area contributed by atoms with Crippen LogP contribution in [-0.4, -0.2) is 53.0 Å². The van der Waals surface area contributed by atoms with Gasteiger partial charge in [0, 0.05) is 59.4 Å².